The third-order valence-electron chi connectivity index (χ3n) is 1.97. The molecule has 1 aromatic carbocycles. The zero-order chi connectivity index (χ0) is 11.1. The van der Waals surface area contributed by atoms with Crippen molar-refractivity contribution in [3.63, 3.8) is 0 Å². The summed E-state index contributed by atoms with van der Waals surface area (Å²) in [4.78, 5) is 10.3. The maximum Gasteiger partial charge on any atom is 0.328 e. The van der Waals surface area contributed by atoms with E-state index in [0.29, 0.717) is 0 Å². The number of hydrogen-bond donors (Lipinski definition) is 1. The fraction of sp³-hybridized carbons (Fsp3) is 0.250. The van der Waals surface area contributed by atoms with Crippen LogP contribution >= 0.6 is 15.9 Å². The molecule has 1 rings (SSSR count). The van der Waals surface area contributed by atoms with E-state index in [1.165, 1.54) is 5.56 Å². The predicted molar refractivity (Wildman–Crippen MR) is 65.2 cm³/mol. The molecule has 0 amide bonds. The van der Waals surface area contributed by atoms with Crippen molar-refractivity contribution in [3.05, 3.63) is 41.5 Å². The minimum absolute atomic E-state index is 0.916. The fourth-order valence-corrected chi connectivity index (χ4v) is 1.57. The van der Waals surface area contributed by atoms with Crippen LogP contribution in [0.4, 0.5) is 0 Å². The summed E-state index contributed by atoms with van der Waals surface area (Å²) in [6, 6.07) is 7.92. The standard InChI is InChI=1S/C12H13BrO2/c13-8-2-5-10-3-1-4-11(9-10)6-7-12(14)15/h1,3-4,6-7,9H,2,5,8H2,(H,14,15). The number of carboxylic acids is 1. The average Bonchev–Trinajstić information content (AvgIpc) is 2.24. The first kappa shape index (κ1) is 12.0. The Morgan fingerprint density at radius 1 is 1.47 bits per heavy atom. The van der Waals surface area contributed by atoms with Gasteiger partial charge in [0.05, 0.1) is 0 Å². The Hall–Kier alpha value is -1.09. The van der Waals surface area contributed by atoms with Crippen LogP contribution in [0.25, 0.3) is 6.08 Å². The van der Waals surface area contributed by atoms with Crippen LogP contribution in [0.2, 0.25) is 0 Å². The van der Waals surface area contributed by atoms with E-state index in [1.54, 1.807) is 6.08 Å². The molecule has 0 aliphatic carbocycles. The topological polar surface area (TPSA) is 37.3 Å². The van der Waals surface area contributed by atoms with Crippen LogP contribution in [0.3, 0.4) is 0 Å². The SMILES string of the molecule is O=C(O)C=Cc1cccc(CCCBr)c1. The van der Waals surface area contributed by atoms with Crippen molar-refractivity contribution in [1.29, 1.82) is 0 Å². The van der Waals surface area contributed by atoms with E-state index in [4.69, 9.17) is 5.11 Å². The zero-order valence-electron chi connectivity index (χ0n) is 8.32. The van der Waals surface area contributed by atoms with E-state index in [0.717, 1.165) is 29.8 Å². The quantitative estimate of drug-likeness (QED) is 0.658. The van der Waals surface area contributed by atoms with E-state index < -0.39 is 5.97 Å². The minimum atomic E-state index is -0.916. The lowest BCUT2D eigenvalue weighted by molar-refractivity contribution is -0.131. The molecule has 0 aromatic heterocycles. The monoisotopic (exact) mass is 268 g/mol. The first-order valence-corrected chi connectivity index (χ1v) is 5.90. The molecule has 0 spiro atoms. The second kappa shape index (κ2) is 6.40. The van der Waals surface area contributed by atoms with Crippen LogP contribution in [0.1, 0.15) is 17.5 Å². The van der Waals surface area contributed by atoms with Crippen molar-refractivity contribution in [2.45, 2.75) is 12.8 Å². The van der Waals surface area contributed by atoms with Crippen LogP contribution in [0.5, 0.6) is 0 Å². The summed E-state index contributed by atoms with van der Waals surface area (Å²) >= 11 is 3.38. The van der Waals surface area contributed by atoms with Gasteiger partial charge in [0.15, 0.2) is 0 Å². The first-order chi connectivity index (χ1) is 7.22. The van der Waals surface area contributed by atoms with Gasteiger partial charge in [-0.05, 0) is 30.0 Å². The molecule has 0 saturated carbocycles. The highest BCUT2D eigenvalue weighted by atomic mass is 79.9. The molecule has 1 aromatic rings. The number of aliphatic carboxylic acids is 1. The largest absolute Gasteiger partial charge is 0.478 e. The van der Waals surface area contributed by atoms with Crippen molar-refractivity contribution < 1.29 is 9.90 Å². The van der Waals surface area contributed by atoms with E-state index in [2.05, 4.69) is 22.0 Å². The zero-order valence-corrected chi connectivity index (χ0v) is 9.90. The van der Waals surface area contributed by atoms with Crippen molar-refractivity contribution in [2.24, 2.45) is 0 Å². The number of rotatable bonds is 5. The van der Waals surface area contributed by atoms with Crippen molar-refractivity contribution in [2.75, 3.05) is 5.33 Å². The number of alkyl halides is 1. The van der Waals surface area contributed by atoms with E-state index in [1.807, 2.05) is 18.2 Å². The maximum absolute atomic E-state index is 10.3. The molecule has 2 nitrogen and oxygen atoms in total. The number of halogens is 1. The van der Waals surface area contributed by atoms with Crippen LogP contribution < -0.4 is 0 Å². The Kier molecular flexibility index (Phi) is 5.12. The van der Waals surface area contributed by atoms with E-state index >= 15 is 0 Å². The molecule has 0 saturated heterocycles. The highest BCUT2D eigenvalue weighted by Crippen LogP contribution is 2.09. The molecule has 0 unspecified atom stereocenters. The number of benzene rings is 1. The summed E-state index contributed by atoms with van der Waals surface area (Å²) in [6.07, 6.45) is 4.87. The molecule has 80 valence electrons. The van der Waals surface area contributed by atoms with Crippen molar-refractivity contribution in [3.8, 4) is 0 Å². The van der Waals surface area contributed by atoms with Crippen molar-refractivity contribution >= 4 is 28.0 Å². The molecule has 3 heteroatoms. The van der Waals surface area contributed by atoms with Gasteiger partial charge >= 0.3 is 5.97 Å². The molecule has 0 heterocycles. The second-order valence-electron chi connectivity index (χ2n) is 3.21. The van der Waals surface area contributed by atoms with Gasteiger partial charge in [-0.3, -0.25) is 0 Å². The summed E-state index contributed by atoms with van der Waals surface area (Å²) in [7, 11) is 0. The molecular formula is C12H13BrO2. The summed E-state index contributed by atoms with van der Waals surface area (Å²) < 4.78 is 0. The molecule has 0 atom stereocenters. The molecule has 0 aliphatic heterocycles. The normalized spacial score (nSPS) is 10.7. The Balaban J connectivity index is 2.69. The van der Waals surface area contributed by atoms with E-state index in [-0.39, 0.29) is 0 Å². The Labute approximate surface area is 97.8 Å². The van der Waals surface area contributed by atoms with Gasteiger partial charge in [-0.15, -0.1) is 0 Å². The van der Waals surface area contributed by atoms with Gasteiger partial charge in [0.25, 0.3) is 0 Å². The summed E-state index contributed by atoms with van der Waals surface area (Å²) in [6.45, 7) is 0. The summed E-state index contributed by atoms with van der Waals surface area (Å²) in [5.41, 5.74) is 2.17. The van der Waals surface area contributed by atoms with Crippen molar-refractivity contribution in [1.82, 2.24) is 0 Å². The lowest BCUT2D eigenvalue weighted by atomic mass is 10.1. The van der Waals surface area contributed by atoms with E-state index in [9.17, 15) is 4.79 Å². The molecule has 0 bridgehead atoms. The summed E-state index contributed by atoms with van der Waals surface area (Å²) in [5, 5.41) is 9.48. The van der Waals surface area contributed by atoms with Gasteiger partial charge in [0.1, 0.15) is 0 Å². The number of carboxylic acid groups (broad SMARTS) is 1. The molecule has 1 N–H and O–H groups in total. The highest BCUT2D eigenvalue weighted by Gasteiger charge is 1.94. The molecule has 0 fully saturated rings. The van der Waals surface area contributed by atoms with Crippen LogP contribution in [-0.4, -0.2) is 16.4 Å². The van der Waals surface area contributed by atoms with Crippen LogP contribution in [0.15, 0.2) is 30.3 Å². The van der Waals surface area contributed by atoms with Gasteiger partial charge in [0, 0.05) is 11.4 Å². The van der Waals surface area contributed by atoms with Gasteiger partial charge < -0.3 is 5.11 Å². The average molecular weight is 269 g/mol. The summed E-state index contributed by atoms with van der Waals surface area (Å²) in [5.74, 6) is -0.916. The molecular weight excluding hydrogens is 256 g/mol. The van der Waals surface area contributed by atoms with Crippen LogP contribution in [0, 0.1) is 0 Å². The Morgan fingerprint density at radius 2 is 2.27 bits per heavy atom. The van der Waals surface area contributed by atoms with Gasteiger partial charge in [-0.2, -0.15) is 0 Å². The van der Waals surface area contributed by atoms with Crippen LogP contribution in [-0.2, 0) is 11.2 Å². The molecule has 15 heavy (non-hydrogen) atoms. The Bertz CT molecular complexity index is 358. The van der Waals surface area contributed by atoms with Gasteiger partial charge in [-0.1, -0.05) is 40.2 Å². The third-order valence-corrected chi connectivity index (χ3v) is 2.53. The maximum atomic E-state index is 10.3. The minimum Gasteiger partial charge on any atom is -0.478 e. The second-order valence-corrected chi connectivity index (χ2v) is 4.00. The lowest BCUT2D eigenvalue weighted by Crippen LogP contribution is -1.88. The number of hydrogen-bond acceptors (Lipinski definition) is 1. The highest BCUT2D eigenvalue weighted by molar-refractivity contribution is 9.09. The third kappa shape index (κ3) is 4.79. The number of aryl methyl sites for hydroxylation is 1. The Morgan fingerprint density at radius 3 is 2.93 bits per heavy atom. The molecule has 0 radical (unpaired) electrons. The molecule has 0 aliphatic rings. The van der Waals surface area contributed by atoms with Gasteiger partial charge in [-0.25, -0.2) is 4.79 Å². The van der Waals surface area contributed by atoms with Gasteiger partial charge in [0.2, 0.25) is 0 Å². The smallest absolute Gasteiger partial charge is 0.328 e. The predicted octanol–water partition coefficient (Wildman–Crippen LogP) is 3.11. The lowest BCUT2D eigenvalue weighted by Gasteiger charge is -2.00. The fourth-order valence-electron chi connectivity index (χ4n) is 1.29. The number of carbonyl (C=O) groups is 1. The first-order valence-electron chi connectivity index (χ1n) is 4.78.